The van der Waals surface area contributed by atoms with Crippen LogP contribution < -0.4 is 5.32 Å². The number of rotatable bonds is 5. The van der Waals surface area contributed by atoms with Crippen LogP contribution in [-0.4, -0.2) is 26.0 Å². The van der Waals surface area contributed by atoms with Crippen LogP contribution in [0.2, 0.25) is 0 Å². The average molecular weight is 269 g/mol. The molecule has 0 radical (unpaired) electrons. The van der Waals surface area contributed by atoms with Crippen molar-refractivity contribution in [3.8, 4) is 5.82 Å². The lowest BCUT2D eigenvalue weighted by molar-refractivity contribution is 0.564. The fourth-order valence-corrected chi connectivity index (χ4v) is 2.77. The second kappa shape index (κ2) is 4.58. The molecule has 0 bridgehead atoms. The van der Waals surface area contributed by atoms with E-state index in [-0.39, 0.29) is 0 Å². The molecule has 0 amide bonds. The summed E-state index contributed by atoms with van der Waals surface area (Å²) in [5.74, 6) is 3.37. The van der Waals surface area contributed by atoms with Gasteiger partial charge in [-0.1, -0.05) is 0 Å². The summed E-state index contributed by atoms with van der Waals surface area (Å²) in [5, 5.41) is 16.5. The third kappa shape index (κ3) is 2.40. The zero-order valence-electron chi connectivity index (χ0n) is 11.7. The Morgan fingerprint density at radius 2 is 1.85 bits per heavy atom. The van der Waals surface area contributed by atoms with E-state index in [0.717, 1.165) is 29.2 Å². The van der Waals surface area contributed by atoms with Crippen molar-refractivity contribution in [3.05, 3.63) is 30.1 Å². The summed E-state index contributed by atoms with van der Waals surface area (Å²) in [6.07, 6.45) is 7.38. The molecule has 0 saturated heterocycles. The SMILES string of the molecule is Cc1ccn(-c2ccc(NC(C3CC3)C3CC3)nn2)n1. The van der Waals surface area contributed by atoms with E-state index in [0.29, 0.717) is 6.04 Å². The van der Waals surface area contributed by atoms with Crippen LogP contribution in [0.25, 0.3) is 5.82 Å². The third-order valence-corrected chi connectivity index (χ3v) is 4.18. The molecule has 2 aromatic heterocycles. The quantitative estimate of drug-likeness (QED) is 0.906. The number of nitrogens with zero attached hydrogens (tertiary/aromatic N) is 4. The van der Waals surface area contributed by atoms with E-state index in [1.54, 1.807) is 4.68 Å². The van der Waals surface area contributed by atoms with Crippen LogP contribution >= 0.6 is 0 Å². The molecule has 2 fully saturated rings. The van der Waals surface area contributed by atoms with Gasteiger partial charge >= 0.3 is 0 Å². The van der Waals surface area contributed by atoms with E-state index < -0.39 is 0 Å². The minimum atomic E-state index is 0.613. The normalized spacial score (nSPS) is 18.5. The van der Waals surface area contributed by atoms with E-state index in [1.807, 2.05) is 31.3 Å². The maximum atomic E-state index is 4.34. The zero-order chi connectivity index (χ0) is 13.5. The molecular formula is C15H19N5. The van der Waals surface area contributed by atoms with E-state index in [2.05, 4.69) is 20.6 Å². The smallest absolute Gasteiger partial charge is 0.175 e. The first-order valence-corrected chi connectivity index (χ1v) is 7.42. The van der Waals surface area contributed by atoms with Crippen molar-refractivity contribution in [2.75, 3.05) is 5.32 Å². The van der Waals surface area contributed by atoms with E-state index in [1.165, 1.54) is 25.7 Å². The minimum Gasteiger partial charge on any atom is -0.365 e. The molecule has 4 rings (SSSR count). The van der Waals surface area contributed by atoms with Gasteiger partial charge in [0, 0.05) is 12.2 Å². The van der Waals surface area contributed by atoms with Gasteiger partial charge in [-0.25, -0.2) is 4.68 Å². The van der Waals surface area contributed by atoms with Crippen molar-refractivity contribution in [2.45, 2.75) is 38.6 Å². The Morgan fingerprint density at radius 3 is 2.35 bits per heavy atom. The summed E-state index contributed by atoms with van der Waals surface area (Å²) >= 11 is 0. The summed E-state index contributed by atoms with van der Waals surface area (Å²) in [4.78, 5) is 0. The van der Waals surface area contributed by atoms with Crippen molar-refractivity contribution in [3.63, 3.8) is 0 Å². The molecule has 2 aliphatic rings. The highest BCUT2D eigenvalue weighted by Crippen LogP contribution is 2.45. The molecule has 0 aliphatic heterocycles. The lowest BCUT2D eigenvalue weighted by Crippen LogP contribution is -2.25. The zero-order valence-corrected chi connectivity index (χ0v) is 11.7. The van der Waals surface area contributed by atoms with Crippen molar-refractivity contribution in [1.82, 2.24) is 20.0 Å². The predicted molar refractivity (Wildman–Crippen MR) is 76.7 cm³/mol. The lowest BCUT2D eigenvalue weighted by atomic mass is 10.1. The second-order valence-corrected chi connectivity index (χ2v) is 6.02. The molecule has 2 heterocycles. The summed E-state index contributed by atoms with van der Waals surface area (Å²) in [6.45, 7) is 1.97. The van der Waals surface area contributed by atoms with Crippen molar-refractivity contribution in [2.24, 2.45) is 11.8 Å². The molecule has 0 spiro atoms. The average Bonchev–Trinajstić information content (AvgIpc) is 3.36. The Morgan fingerprint density at radius 1 is 1.10 bits per heavy atom. The van der Waals surface area contributed by atoms with Gasteiger partial charge in [0.25, 0.3) is 0 Å². The molecule has 0 aromatic carbocycles. The van der Waals surface area contributed by atoms with Gasteiger partial charge in [0.05, 0.1) is 5.69 Å². The van der Waals surface area contributed by atoms with Gasteiger partial charge in [-0.15, -0.1) is 10.2 Å². The van der Waals surface area contributed by atoms with Crippen LogP contribution in [0.5, 0.6) is 0 Å². The second-order valence-electron chi connectivity index (χ2n) is 6.02. The number of aromatic nitrogens is 4. The number of aryl methyl sites for hydroxylation is 1. The fourth-order valence-electron chi connectivity index (χ4n) is 2.77. The molecule has 1 N–H and O–H groups in total. The van der Waals surface area contributed by atoms with E-state index in [9.17, 15) is 0 Å². The molecular weight excluding hydrogens is 250 g/mol. The Balaban J connectivity index is 1.49. The first kappa shape index (κ1) is 11.9. The van der Waals surface area contributed by atoms with Crippen LogP contribution in [0.4, 0.5) is 5.82 Å². The van der Waals surface area contributed by atoms with Crippen LogP contribution in [0, 0.1) is 18.8 Å². The standard InChI is InChI=1S/C15H19N5/c1-10-8-9-20(19-10)14-7-6-13(17-18-14)16-15(11-2-3-11)12-4-5-12/h6-9,11-12,15H,2-5H2,1H3,(H,16,17). The highest BCUT2D eigenvalue weighted by atomic mass is 15.3. The van der Waals surface area contributed by atoms with Gasteiger partial charge in [-0.2, -0.15) is 5.10 Å². The van der Waals surface area contributed by atoms with Crippen LogP contribution in [0.3, 0.4) is 0 Å². The van der Waals surface area contributed by atoms with Gasteiger partial charge < -0.3 is 5.32 Å². The molecule has 5 nitrogen and oxygen atoms in total. The van der Waals surface area contributed by atoms with Crippen LogP contribution in [0.15, 0.2) is 24.4 Å². The van der Waals surface area contributed by atoms with Crippen molar-refractivity contribution >= 4 is 5.82 Å². The first-order chi connectivity index (χ1) is 9.79. The Labute approximate surface area is 118 Å². The molecule has 2 aliphatic carbocycles. The van der Waals surface area contributed by atoms with E-state index in [4.69, 9.17) is 0 Å². The fraction of sp³-hybridized carbons (Fsp3) is 0.533. The first-order valence-electron chi connectivity index (χ1n) is 7.42. The number of anilines is 1. The predicted octanol–water partition coefficient (Wildman–Crippen LogP) is 2.57. The topological polar surface area (TPSA) is 55.6 Å². The third-order valence-electron chi connectivity index (χ3n) is 4.18. The number of hydrogen-bond acceptors (Lipinski definition) is 4. The summed E-state index contributed by atoms with van der Waals surface area (Å²) in [5.41, 5.74) is 0.983. The summed E-state index contributed by atoms with van der Waals surface area (Å²) in [6, 6.07) is 6.56. The van der Waals surface area contributed by atoms with Gasteiger partial charge in [0.1, 0.15) is 5.82 Å². The molecule has 0 unspecified atom stereocenters. The molecule has 20 heavy (non-hydrogen) atoms. The largest absolute Gasteiger partial charge is 0.365 e. The maximum Gasteiger partial charge on any atom is 0.175 e. The Hall–Kier alpha value is -1.91. The highest BCUT2D eigenvalue weighted by Gasteiger charge is 2.41. The molecule has 5 heteroatoms. The highest BCUT2D eigenvalue weighted by molar-refractivity contribution is 5.38. The van der Waals surface area contributed by atoms with Gasteiger partial charge in [-0.05, 0) is 62.6 Å². The van der Waals surface area contributed by atoms with Crippen LogP contribution in [0.1, 0.15) is 31.4 Å². The van der Waals surface area contributed by atoms with Gasteiger partial charge in [-0.3, -0.25) is 0 Å². The monoisotopic (exact) mass is 269 g/mol. The van der Waals surface area contributed by atoms with Gasteiger partial charge in [0.15, 0.2) is 5.82 Å². The molecule has 0 atom stereocenters. The molecule has 2 aromatic rings. The van der Waals surface area contributed by atoms with E-state index >= 15 is 0 Å². The van der Waals surface area contributed by atoms with Crippen molar-refractivity contribution < 1.29 is 0 Å². The summed E-state index contributed by atoms with van der Waals surface area (Å²) in [7, 11) is 0. The Kier molecular flexibility index (Phi) is 2.72. The summed E-state index contributed by atoms with van der Waals surface area (Å²) < 4.78 is 1.76. The van der Waals surface area contributed by atoms with Crippen molar-refractivity contribution in [1.29, 1.82) is 0 Å². The molecule has 104 valence electrons. The molecule has 2 saturated carbocycles. The lowest BCUT2D eigenvalue weighted by Gasteiger charge is -2.17. The van der Waals surface area contributed by atoms with Gasteiger partial charge in [0.2, 0.25) is 0 Å². The number of hydrogen-bond donors (Lipinski definition) is 1. The van der Waals surface area contributed by atoms with Crippen LogP contribution in [-0.2, 0) is 0 Å². The maximum absolute atomic E-state index is 4.34. The number of nitrogens with one attached hydrogen (secondary N) is 1. The minimum absolute atomic E-state index is 0.613. The Bertz CT molecular complexity index is 583.